The van der Waals surface area contributed by atoms with E-state index in [4.69, 9.17) is 34.4 Å². The molecule has 0 atom stereocenters. The standard InChI is InChI=1S/C30H33F3N10O.3C2HF3O2/c31-30(32,33)28-40-21(14-35-12-19-1-2-19)11-25(41-28)44-23-5-3-22(4-6-23)42-16-29(17-42,8-9-34)43-15-20(13-39-43)26-24-7-10-36-27(24)38-18-37-26;3*3-2(4,5)1(6)7/h7,10-11,13,15,18-19,22-23,35H,1-6,8,12,14,16-17H2,(H,36,37,38);3*(H,6,7)/t22-,23+;;;. The number of fused-ring (bicyclic) bond motifs is 1. The molecule has 4 aromatic heterocycles. The Morgan fingerprint density at radius 2 is 1.43 bits per heavy atom. The van der Waals surface area contributed by atoms with Crippen molar-refractivity contribution in [2.24, 2.45) is 5.92 Å². The third-order valence-electron chi connectivity index (χ3n) is 9.72. The van der Waals surface area contributed by atoms with E-state index in [0.29, 0.717) is 44.3 Å². The van der Waals surface area contributed by atoms with Gasteiger partial charge in [0.2, 0.25) is 11.7 Å². The van der Waals surface area contributed by atoms with E-state index in [1.807, 2.05) is 23.1 Å². The Hall–Kier alpha value is -6.31. The van der Waals surface area contributed by atoms with Gasteiger partial charge in [0.05, 0.1) is 30.1 Å². The molecule has 1 saturated heterocycles. The Balaban J connectivity index is 0.000000366. The SMILES string of the molecule is N#CCC1(n2cc(-c3ncnc4[nH]ccc34)cn2)CN([C@H]2CC[C@@H](Oc3cc(CNCC4CC4)nc(C(F)(F)F)n3)CC2)C1.O=C(O)C(F)(F)F.O=C(O)C(F)(F)F.O=C(O)C(F)(F)F. The van der Waals surface area contributed by atoms with E-state index in [2.05, 4.69) is 46.3 Å². The van der Waals surface area contributed by atoms with Crippen molar-refractivity contribution >= 4 is 28.9 Å². The molecule has 0 radical (unpaired) electrons. The van der Waals surface area contributed by atoms with Gasteiger partial charge in [-0.15, -0.1) is 0 Å². The van der Waals surface area contributed by atoms with Crippen molar-refractivity contribution < 1.29 is 87.1 Å². The van der Waals surface area contributed by atoms with Gasteiger partial charge in [0.25, 0.3) is 0 Å². The Bertz CT molecular complexity index is 2230. The summed E-state index contributed by atoms with van der Waals surface area (Å²) in [7, 11) is 0. The van der Waals surface area contributed by atoms with Gasteiger partial charge in [-0.25, -0.2) is 29.3 Å². The Kier molecular flexibility index (Phi) is 16.3. The second-order valence-corrected chi connectivity index (χ2v) is 14.7. The molecular weight excluding hydrogens is 912 g/mol. The predicted molar refractivity (Wildman–Crippen MR) is 194 cm³/mol. The summed E-state index contributed by atoms with van der Waals surface area (Å²) in [5, 5.41) is 39.8. The van der Waals surface area contributed by atoms with Crippen molar-refractivity contribution in [3.05, 3.63) is 48.6 Å². The van der Waals surface area contributed by atoms with Crippen LogP contribution in [-0.2, 0) is 32.6 Å². The molecule has 5 N–H and O–H groups in total. The Morgan fingerprint density at radius 3 is 1.94 bits per heavy atom. The smallest absolute Gasteiger partial charge is 0.475 e. The molecule has 356 valence electrons. The summed E-state index contributed by atoms with van der Waals surface area (Å²) in [5.41, 5.74) is 2.27. The summed E-state index contributed by atoms with van der Waals surface area (Å²) in [5.74, 6) is -8.85. The number of nitriles is 1. The maximum Gasteiger partial charge on any atom is 0.490 e. The summed E-state index contributed by atoms with van der Waals surface area (Å²) in [6.07, 6.45) is -7.27. The van der Waals surface area contributed by atoms with E-state index in [-0.39, 0.29) is 24.2 Å². The van der Waals surface area contributed by atoms with Gasteiger partial charge in [0.15, 0.2) is 0 Å². The average molecular weight is 949 g/mol. The minimum atomic E-state index is -5.08. The zero-order valence-corrected chi connectivity index (χ0v) is 33.1. The van der Waals surface area contributed by atoms with Crippen LogP contribution in [0.4, 0.5) is 52.7 Å². The number of carboxylic acids is 3. The number of aromatic amines is 1. The average Bonchev–Trinajstić information content (AvgIpc) is 3.64. The molecule has 2 aliphatic carbocycles. The van der Waals surface area contributed by atoms with Gasteiger partial charge < -0.3 is 30.4 Å². The quantitative estimate of drug-likeness (QED) is 0.109. The molecular formula is C36H36F12N10O7. The minimum absolute atomic E-state index is 0.0222. The fourth-order valence-electron chi connectivity index (χ4n) is 6.44. The lowest BCUT2D eigenvalue weighted by Gasteiger charge is -2.53. The molecule has 4 aromatic rings. The van der Waals surface area contributed by atoms with E-state index in [1.165, 1.54) is 12.4 Å². The molecule has 1 aliphatic heterocycles. The van der Waals surface area contributed by atoms with E-state index < -0.39 is 54.0 Å². The fraction of sp³-hybridized carbons (Fsp3) is 0.528. The largest absolute Gasteiger partial charge is 0.490 e. The van der Waals surface area contributed by atoms with Crippen LogP contribution in [0.5, 0.6) is 5.88 Å². The molecule has 3 aliphatic rings. The van der Waals surface area contributed by atoms with Crippen LogP contribution in [0.1, 0.15) is 56.5 Å². The van der Waals surface area contributed by atoms with Gasteiger partial charge in [0.1, 0.15) is 23.6 Å². The van der Waals surface area contributed by atoms with Gasteiger partial charge in [-0.05, 0) is 57.1 Å². The second kappa shape index (κ2) is 20.7. The summed E-state index contributed by atoms with van der Waals surface area (Å²) in [6, 6.07) is 6.11. The number of hydrogen-bond acceptors (Lipinski definition) is 12. The third kappa shape index (κ3) is 14.9. The van der Waals surface area contributed by atoms with Gasteiger partial charge in [-0.3, -0.25) is 9.58 Å². The lowest BCUT2D eigenvalue weighted by molar-refractivity contribution is -0.193. The summed E-state index contributed by atoms with van der Waals surface area (Å²) in [6.45, 7) is 2.41. The number of likely N-dealkylation sites (tertiary alicyclic amines) is 1. The number of halogens is 12. The van der Waals surface area contributed by atoms with Crippen LogP contribution in [0.3, 0.4) is 0 Å². The number of carboxylic acid groups (broad SMARTS) is 3. The van der Waals surface area contributed by atoms with Gasteiger partial charge in [0, 0.05) is 55.1 Å². The van der Waals surface area contributed by atoms with Gasteiger partial charge in [-0.2, -0.15) is 68.0 Å². The van der Waals surface area contributed by atoms with Gasteiger partial charge >= 0.3 is 42.6 Å². The molecule has 0 bridgehead atoms. The molecule has 0 aromatic carbocycles. The van der Waals surface area contributed by atoms with Crippen LogP contribution in [0.15, 0.2) is 37.1 Å². The van der Waals surface area contributed by atoms with Gasteiger partial charge in [-0.1, -0.05) is 0 Å². The molecule has 29 heteroatoms. The third-order valence-corrected chi connectivity index (χ3v) is 9.72. The van der Waals surface area contributed by atoms with Crippen molar-refractivity contribution in [3.8, 4) is 23.2 Å². The van der Waals surface area contributed by atoms with Crippen LogP contribution < -0.4 is 10.1 Å². The minimum Gasteiger partial charge on any atom is -0.475 e. The normalized spacial score (nSPS) is 18.6. The van der Waals surface area contributed by atoms with E-state index in [9.17, 15) is 57.9 Å². The lowest BCUT2D eigenvalue weighted by Crippen LogP contribution is -2.65. The van der Waals surface area contributed by atoms with Crippen molar-refractivity contribution in [3.63, 3.8) is 0 Å². The zero-order valence-electron chi connectivity index (χ0n) is 33.1. The number of hydrogen-bond donors (Lipinski definition) is 5. The molecule has 7 rings (SSSR count). The molecule has 3 fully saturated rings. The number of aromatic nitrogens is 7. The Labute approximate surface area is 357 Å². The Morgan fingerprint density at radius 1 is 0.862 bits per heavy atom. The summed E-state index contributed by atoms with van der Waals surface area (Å²) < 4.78 is 144. The second-order valence-electron chi connectivity index (χ2n) is 14.7. The molecule has 17 nitrogen and oxygen atoms in total. The number of H-pyrrole nitrogens is 1. The molecule has 5 heterocycles. The van der Waals surface area contributed by atoms with E-state index in [1.54, 1.807) is 6.20 Å². The highest BCUT2D eigenvalue weighted by atomic mass is 19.4. The van der Waals surface area contributed by atoms with Crippen molar-refractivity contribution in [1.29, 1.82) is 5.26 Å². The lowest BCUT2D eigenvalue weighted by atomic mass is 9.82. The zero-order chi connectivity index (χ0) is 48.5. The fourth-order valence-corrected chi connectivity index (χ4v) is 6.44. The number of nitrogens with zero attached hydrogens (tertiary/aromatic N) is 8. The summed E-state index contributed by atoms with van der Waals surface area (Å²) in [4.78, 5) is 48.3. The molecule has 0 unspecified atom stereocenters. The van der Waals surface area contributed by atoms with Crippen LogP contribution >= 0.6 is 0 Å². The highest BCUT2D eigenvalue weighted by molar-refractivity contribution is 5.90. The molecule has 2 saturated carbocycles. The maximum atomic E-state index is 13.5. The van der Waals surface area contributed by atoms with E-state index >= 15 is 0 Å². The number of nitrogens with one attached hydrogen (secondary N) is 2. The first-order chi connectivity index (χ1) is 30.1. The van der Waals surface area contributed by atoms with Crippen molar-refractivity contribution in [1.82, 2.24) is 44.9 Å². The van der Waals surface area contributed by atoms with E-state index in [0.717, 1.165) is 54.5 Å². The number of rotatable bonds is 10. The molecule has 65 heavy (non-hydrogen) atoms. The number of aliphatic carboxylic acids is 3. The first kappa shape index (κ1) is 51.3. The number of ether oxygens (including phenoxy) is 1. The van der Waals surface area contributed by atoms with Crippen molar-refractivity contribution in [2.75, 3.05) is 19.6 Å². The first-order valence-corrected chi connectivity index (χ1v) is 18.8. The molecule has 0 amide bonds. The first-order valence-electron chi connectivity index (χ1n) is 18.8. The maximum absolute atomic E-state index is 13.5. The van der Waals surface area contributed by atoms with Crippen LogP contribution in [0, 0.1) is 17.2 Å². The number of carbonyl (C=O) groups is 3. The molecule has 0 spiro atoms. The topological polar surface area (TPSA) is 245 Å². The van der Waals surface area contributed by atoms with Crippen molar-refractivity contribution in [2.45, 2.75) is 93.9 Å². The predicted octanol–water partition coefficient (Wildman–Crippen LogP) is 6.34. The monoisotopic (exact) mass is 948 g/mol. The van der Waals surface area contributed by atoms with Crippen LogP contribution in [-0.4, -0.2) is 123 Å². The van der Waals surface area contributed by atoms with Crippen LogP contribution in [0.2, 0.25) is 0 Å². The highest BCUT2D eigenvalue weighted by Crippen LogP contribution is 2.39. The highest BCUT2D eigenvalue weighted by Gasteiger charge is 2.48. The van der Waals surface area contributed by atoms with Crippen LogP contribution in [0.25, 0.3) is 22.3 Å². The summed E-state index contributed by atoms with van der Waals surface area (Å²) >= 11 is 0. The number of alkyl halides is 12.